The summed E-state index contributed by atoms with van der Waals surface area (Å²) < 4.78 is 18.7. The highest BCUT2D eigenvalue weighted by Crippen LogP contribution is 2.16. The van der Waals surface area contributed by atoms with Gasteiger partial charge in [-0.1, -0.05) is 36.9 Å². The Hall–Kier alpha value is -2.11. The summed E-state index contributed by atoms with van der Waals surface area (Å²) in [6, 6.07) is 11.4. The first kappa shape index (κ1) is 15.3. The number of aryl methyl sites for hydroxylation is 1. The van der Waals surface area contributed by atoms with E-state index >= 15 is 0 Å². The van der Waals surface area contributed by atoms with E-state index in [4.69, 9.17) is 14.8 Å². The van der Waals surface area contributed by atoms with Crippen LogP contribution >= 0.6 is 0 Å². The lowest BCUT2D eigenvalue weighted by molar-refractivity contribution is 0.265. The van der Waals surface area contributed by atoms with Crippen molar-refractivity contribution in [3.05, 3.63) is 71.6 Å². The van der Waals surface area contributed by atoms with E-state index in [1.54, 1.807) is 43.3 Å². The van der Waals surface area contributed by atoms with Crippen LogP contribution in [0.5, 0.6) is 0 Å². The fraction of sp³-hybridized carbons (Fsp3) is 0.125. The van der Waals surface area contributed by atoms with Gasteiger partial charge in [0.2, 0.25) is 0 Å². The van der Waals surface area contributed by atoms with E-state index in [1.165, 1.54) is 6.07 Å². The summed E-state index contributed by atoms with van der Waals surface area (Å²) in [5, 5.41) is 18.0. The maximum atomic E-state index is 13.2. The molecule has 2 N–H and O–H groups in total. The van der Waals surface area contributed by atoms with Crippen LogP contribution in [0.1, 0.15) is 16.7 Å². The quantitative estimate of drug-likeness (QED) is 0.653. The molecule has 21 heavy (non-hydrogen) atoms. The molecular weight excluding hydrogens is 270 g/mol. The van der Waals surface area contributed by atoms with Gasteiger partial charge in [-0.05, 0) is 35.6 Å². The summed E-state index contributed by atoms with van der Waals surface area (Å²) in [7, 11) is -1.49. The smallest absolute Gasteiger partial charge is 0.488 e. The minimum atomic E-state index is -1.49. The predicted molar refractivity (Wildman–Crippen MR) is 81.2 cm³/mol. The Bertz CT molecular complexity index is 638. The highest BCUT2D eigenvalue weighted by Gasteiger charge is 2.10. The van der Waals surface area contributed by atoms with Gasteiger partial charge < -0.3 is 14.8 Å². The Morgan fingerprint density at radius 3 is 2.43 bits per heavy atom. The Balaban J connectivity index is 1.99. The highest BCUT2D eigenvalue weighted by atomic mass is 19.1. The maximum absolute atomic E-state index is 13.2. The van der Waals surface area contributed by atoms with Gasteiger partial charge in [-0.25, -0.2) is 4.39 Å². The molecule has 0 unspecified atom stereocenters. The van der Waals surface area contributed by atoms with Gasteiger partial charge in [-0.2, -0.15) is 0 Å². The van der Waals surface area contributed by atoms with Crippen LogP contribution in [0.25, 0.3) is 5.76 Å². The Labute approximate surface area is 123 Å². The Morgan fingerprint density at radius 1 is 1.19 bits per heavy atom. The molecule has 0 saturated heterocycles. The number of hydrogen-bond donors (Lipinski definition) is 2. The van der Waals surface area contributed by atoms with Crippen LogP contribution in [-0.2, 0) is 11.3 Å². The molecule has 0 aliphatic carbocycles. The standard InChI is InChI=1S/C16H16BFO3/c1-11-9-13(3-8-16(11)18)10-21-12(2)14-4-6-15(7-5-14)17(19)20/h3-9,19-20H,2,10H2,1H3. The van der Waals surface area contributed by atoms with E-state index in [-0.39, 0.29) is 5.82 Å². The van der Waals surface area contributed by atoms with Crippen LogP contribution in [0.15, 0.2) is 49.0 Å². The molecule has 0 aliphatic rings. The van der Waals surface area contributed by atoms with Gasteiger partial charge in [0, 0.05) is 5.56 Å². The van der Waals surface area contributed by atoms with Gasteiger partial charge >= 0.3 is 7.12 Å². The number of rotatable bonds is 5. The summed E-state index contributed by atoms with van der Waals surface area (Å²) in [6.45, 7) is 5.83. The van der Waals surface area contributed by atoms with Crippen molar-refractivity contribution in [1.82, 2.24) is 0 Å². The third kappa shape index (κ3) is 3.94. The van der Waals surface area contributed by atoms with Gasteiger partial charge in [0.05, 0.1) is 0 Å². The zero-order chi connectivity index (χ0) is 15.4. The van der Waals surface area contributed by atoms with E-state index in [2.05, 4.69) is 6.58 Å². The molecule has 0 heterocycles. The molecule has 0 aliphatic heterocycles. The molecule has 2 aromatic rings. The summed E-state index contributed by atoms with van der Waals surface area (Å²) >= 11 is 0. The molecule has 0 amide bonds. The molecule has 5 heteroatoms. The zero-order valence-corrected chi connectivity index (χ0v) is 11.7. The lowest BCUT2D eigenvalue weighted by Gasteiger charge is -2.10. The van der Waals surface area contributed by atoms with Gasteiger partial charge in [0.15, 0.2) is 0 Å². The number of ether oxygens (including phenoxy) is 1. The Morgan fingerprint density at radius 2 is 1.86 bits per heavy atom. The molecule has 2 aromatic carbocycles. The van der Waals surface area contributed by atoms with Crippen molar-refractivity contribution in [2.24, 2.45) is 0 Å². The van der Waals surface area contributed by atoms with Crippen LogP contribution in [0.4, 0.5) is 4.39 Å². The van der Waals surface area contributed by atoms with Crippen LogP contribution in [0.3, 0.4) is 0 Å². The Kier molecular flexibility index (Phi) is 4.78. The summed E-state index contributed by atoms with van der Waals surface area (Å²) in [5.41, 5.74) is 2.58. The van der Waals surface area contributed by atoms with E-state index in [0.29, 0.717) is 23.4 Å². The molecule has 0 atom stereocenters. The largest absolute Gasteiger partial charge is 0.489 e. The molecule has 108 valence electrons. The highest BCUT2D eigenvalue weighted by molar-refractivity contribution is 6.58. The second-order valence-corrected chi connectivity index (χ2v) is 4.79. The van der Waals surface area contributed by atoms with Crippen molar-refractivity contribution in [2.45, 2.75) is 13.5 Å². The third-order valence-electron chi connectivity index (χ3n) is 3.17. The number of benzene rings is 2. The van der Waals surface area contributed by atoms with E-state index in [1.807, 2.05) is 0 Å². The van der Waals surface area contributed by atoms with Crippen molar-refractivity contribution in [1.29, 1.82) is 0 Å². The summed E-state index contributed by atoms with van der Waals surface area (Å²) in [6.07, 6.45) is 0. The number of halogens is 1. The molecular formula is C16H16BFO3. The number of hydrogen-bond acceptors (Lipinski definition) is 3. The SMILES string of the molecule is C=C(OCc1ccc(F)c(C)c1)c1ccc(B(O)O)cc1. The first-order valence-corrected chi connectivity index (χ1v) is 6.50. The van der Waals surface area contributed by atoms with Crippen molar-refractivity contribution >= 4 is 18.3 Å². The van der Waals surface area contributed by atoms with Gasteiger partial charge in [0.25, 0.3) is 0 Å². The monoisotopic (exact) mass is 286 g/mol. The maximum Gasteiger partial charge on any atom is 0.488 e. The van der Waals surface area contributed by atoms with Gasteiger partial charge in [0.1, 0.15) is 18.2 Å². The lowest BCUT2D eigenvalue weighted by atomic mass is 9.80. The molecule has 0 bridgehead atoms. The van der Waals surface area contributed by atoms with E-state index in [0.717, 1.165) is 11.1 Å². The average molecular weight is 286 g/mol. The van der Waals surface area contributed by atoms with Crippen molar-refractivity contribution in [3.8, 4) is 0 Å². The molecule has 0 radical (unpaired) electrons. The first-order valence-electron chi connectivity index (χ1n) is 6.50. The normalized spacial score (nSPS) is 10.3. The lowest BCUT2D eigenvalue weighted by Crippen LogP contribution is -2.29. The molecule has 0 fully saturated rings. The van der Waals surface area contributed by atoms with Crippen molar-refractivity contribution in [2.75, 3.05) is 0 Å². The molecule has 0 saturated carbocycles. The third-order valence-corrected chi connectivity index (χ3v) is 3.17. The second-order valence-electron chi connectivity index (χ2n) is 4.79. The fourth-order valence-electron chi connectivity index (χ4n) is 1.89. The van der Waals surface area contributed by atoms with Crippen LogP contribution in [0.2, 0.25) is 0 Å². The van der Waals surface area contributed by atoms with Crippen LogP contribution in [-0.4, -0.2) is 17.2 Å². The van der Waals surface area contributed by atoms with Gasteiger partial charge in [-0.15, -0.1) is 0 Å². The predicted octanol–water partition coefficient (Wildman–Crippen LogP) is 2.00. The van der Waals surface area contributed by atoms with Crippen molar-refractivity contribution < 1.29 is 19.2 Å². The van der Waals surface area contributed by atoms with Gasteiger partial charge in [-0.3, -0.25) is 0 Å². The average Bonchev–Trinajstić information content (AvgIpc) is 2.48. The molecule has 3 nitrogen and oxygen atoms in total. The minimum Gasteiger partial charge on any atom is -0.489 e. The summed E-state index contributed by atoms with van der Waals surface area (Å²) in [4.78, 5) is 0. The molecule has 2 rings (SSSR count). The van der Waals surface area contributed by atoms with Crippen molar-refractivity contribution in [3.63, 3.8) is 0 Å². The van der Waals surface area contributed by atoms with E-state index < -0.39 is 7.12 Å². The second kappa shape index (κ2) is 6.56. The van der Waals surface area contributed by atoms with E-state index in [9.17, 15) is 4.39 Å². The first-order chi connectivity index (χ1) is 9.97. The summed E-state index contributed by atoms with van der Waals surface area (Å²) in [5.74, 6) is 0.228. The minimum absolute atomic E-state index is 0.240. The molecule has 0 aromatic heterocycles. The van der Waals surface area contributed by atoms with Crippen LogP contribution < -0.4 is 5.46 Å². The fourth-order valence-corrected chi connectivity index (χ4v) is 1.89. The zero-order valence-electron chi connectivity index (χ0n) is 11.7. The van der Waals surface area contributed by atoms with Crippen LogP contribution in [0, 0.1) is 12.7 Å². The molecule has 0 spiro atoms. The topological polar surface area (TPSA) is 49.7 Å².